The number of carbonyl (C=O) groups is 3. The number of amides is 2. The highest BCUT2D eigenvalue weighted by Gasteiger charge is 2.48. The zero-order valence-corrected chi connectivity index (χ0v) is 24.3. The van der Waals surface area contributed by atoms with E-state index in [-0.39, 0.29) is 36.6 Å². The number of nitrogens with two attached hydrogens (primary N) is 1. The van der Waals surface area contributed by atoms with E-state index in [1.165, 1.54) is 30.5 Å². The molecule has 12 heteroatoms. The smallest absolute Gasteiger partial charge is 0.329 e. The molecule has 2 amide bonds. The van der Waals surface area contributed by atoms with Crippen molar-refractivity contribution in [1.29, 1.82) is 0 Å². The first-order chi connectivity index (χ1) is 21.6. The molecule has 0 radical (unpaired) electrons. The summed E-state index contributed by atoms with van der Waals surface area (Å²) >= 11 is 0. The van der Waals surface area contributed by atoms with Crippen LogP contribution in [0, 0.1) is 23.4 Å². The molecule has 3 aromatic rings. The topological polar surface area (TPSA) is 127 Å². The Hall–Kier alpha value is -4.97. The summed E-state index contributed by atoms with van der Waals surface area (Å²) in [5, 5.41) is 4.60. The molecule has 2 heterocycles. The number of allylic oxidation sites excluding steroid dienone is 2. The molecule has 6 rings (SSSR count). The summed E-state index contributed by atoms with van der Waals surface area (Å²) in [5.41, 5.74) is 12.4. The lowest BCUT2D eigenvalue weighted by Gasteiger charge is -2.26. The first kappa shape index (κ1) is 30.1. The number of fused-ring (bicyclic) bond motifs is 4. The van der Waals surface area contributed by atoms with E-state index in [1.807, 2.05) is 0 Å². The van der Waals surface area contributed by atoms with E-state index in [9.17, 15) is 27.6 Å². The van der Waals surface area contributed by atoms with Crippen LogP contribution in [0.2, 0.25) is 0 Å². The highest BCUT2D eigenvalue weighted by molar-refractivity contribution is 5.94. The number of ether oxygens (including phenoxy) is 1. The molecule has 1 aliphatic heterocycles. The average Bonchev–Trinajstić information content (AvgIpc) is 3.71. The van der Waals surface area contributed by atoms with Crippen LogP contribution in [0.15, 0.2) is 77.6 Å². The van der Waals surface area contributed by atoms with Crippen LogP contribution in [0.1, 0.15) is 47.4 Å². The molecule has 232 valence electrons. The van der Waals surface area contributed by atoms with Crippen LogP contribution in [0.3, 0.4) is 0 Å². The zero-order chi connectivity index (χ0) is 31.8. The highest BCUT2D eigenvalue weighted by atomic mass is 19.1. The summed E-state index contributed by atoms with van der Waals surface area (Å²) in [5.74, 6) is -4.02. The van der Waals surface area contributed by atoms with Gasteiger partial charge in [0.2, 0.25) is 5.91 Å². The first-order valence-corrected chi connectivity index (χ1v) is 14.6. The van der Waals surface area contributed by atoms with Gasteiger partial charge < -0.3 is 15.8 Å². The van der Waals surface area contributed by atoms with Crippen molar-refractivity contribution >= 4 is 17.8 Å². The molecule has 2 aliphatic carbocycles. The number of hydrogen-bond acceptors (Lipinski definition) is 7. The standard InChI is InChI=1S/C33H30F3N5O4/c1-2-45-33(44)30-28-19-5-6-20(13-19)31(28)41(40-30)16-27(42)39-26(12-17-10-21(34)15-22(35)11-17)29-23(4-3-9-38-29)18-7-8-25(36)24(14-18)32(37)43/h3-4,6-11,14-15,19,26,30,40H,2,5,12-13,16H2,1H3,(H2,37,43)(H,39,42)/t19-,26-,30-/m0/s1. The molecule has 0 spiro atoms. The summed E-state index contributed by atoms with van der Waals surface area (Å²) in [6, 6.07) is 8.63. The molecular formula is C33H30F3N5O4. The Labute approximate surface area is 256 Å². The fraction of sp³-hybridized carbons (Fsp3) is 0.273. The Balaban J connectivity index is 1.32. The monoisotopic (exact) mass is 617 g/mol. The average molecular weight is 618 g/mol. The summed E-state index contributed by atoms with van der Waals surface area (Å²) in [4.78, 5) is 42.8. The van der Waals surface area contributed by atoms with Gasteiger partial charge in [-0.25, -0.2) is 23.4 Å². The number of carbonyl (C=O) groups excluding carboxylic acids is 3. The largest absolute Gasteiger partial charge is 0.465 e. The van der Waals surface area contributed by atoms with E-state index in [2.05, 4.69) is 21.8 Å². The van der Waals surface area contributed by atoms with Crippen molar-refractivity contribution in [2.45, 2.75) is 38.3 Å². The van der Waals surface area contributed by atoms with E-state index in [1.54, 1.807) is 24.1 Å². The highest BCUT2D eigenvalue weighted by Crippen LogP contribution is 2.49. The minimum atomic E-state index is -0.955. The van der Waals surface area contributed by atoms with Crippen LogP contribution >= 0.6 is 0 Å². The van der Waals surface area contributed by atoms with Crippen LogP contribution in [0.5, 0.6) is 0 Å². The zero-order valence-electron chi connectivity index (χ0n) is 24.3. The number of esters is 1. The maximum atomic E-state index is 14.3. The van der Waals surface area contributed by atoms with Gasteiger partial charge in [-0.3, -0.25) is 19.6 Å². The first-order valence-electron chi connectivity index (χ1n) is 14.6. The number of benzene rings is 2. The lowest BCUT2D eigenvalue weighted by molar-refractivity contribution is -0.145. The molecule has 3 atom stereocenters. The SMILES string of the molecule is CCOC(=O)[C@H]1NN(CC(=O)N[C@@H](Cc2cc(F)cc(F)c2)c2ncccc2-c2ccc(F)c(C(N)=O)c2)C2=C1[C@H]1CC=C2C1. The van der Waals surface area contributed by atoms with E-state index < -0.39 is 47.3 Å². The van der Waals surface area contributed by atoms with Gasteiger partial charge in [0.15, 0.2) is 0 Å². The van der Waals surface area contributed by atoms with Crippen molar-refractivity contribution in [3.8, 4) is 11.1 Å². The van der Waals surface area contributed by atoms with Crippen LogP contribution in [0.25, 0.3) is 11.1 Å². The van der Waals surface area contributed by atoms with Crippen molar-refractivity contribution in [3.63, 3.8) is 0 Å². The van der Waals surface area contributed by atoms with Crippen molar-refractivity contribution in [2.75, 3.05) is 13.2 Å². The van der Waals surface area contributed by atoms with Gasteiger partial charge in [0.25, 0.3) is 5.91 Å². The number of rotatable bonds is 10. The van der Waals surface area contributed by atoms with Crippen molar-refractivity contribution in [2.24, 2.45) is 11.7 Å². The number of halogens is 3. The summed E-state index contributed by atoms with van der Waals surface area (Å²) in [6.45, 7) is 1.77. The number of pyridine rings is 1. The van der Waals surface area contributed by atoms with Gasteiger partial charge in [-0.05, 0) is 84.7 Å². The van der Waals surface area contributed by atoms with Gasteiger partial charge in [-0.1, -0.05) is 18.2 Å². The molecular weight excluding hydrogens is 587 g/mol. The Kier molecular flexibility index (Phi) is 8.15. The van der Waals surface area contributed by atoms with E-state index >= 15 is 0 Å². The normalized spacial score (nSPS) is 18.9. The van der Waals surface area contributed by atoms with Crippen LogP contribution < -0.4 is 16.5 Å². The molecule has 2 aromatic carbocycles. The number of nitrogens with zero attached hydrogens (tertiary/aromatic N) is 2. The minimum Gasteiger partial charge on any atom is -0.465 e. The third kappa shape index (κ3) is 5.93. The van der Waals surface area contributed by atoms with Gasteiger partial charge in [-0.15, -0.1) is 0 Å². The minimum absolute atomic E-state index is 0.0473. The summed E-state index contributed by atoms with van der Waals surface area (Å²) in [7, 11) is 0. The predicted molar refractivity (Wildman–Crippen MR) is 157 cm³/mol. The molecule has 2 bridgehead atoms. The van der Waals surface area contributed by atoms with E-state index in [0.29, 0.717) is 16.8 Å². The second-order valence-electron chi connectivity index (χ2n) is 11.2. The molecule has 0 unspecified atom stereocenters. The fourth-order valence-corrected chi connectivity index (χ4v) is 6.43. The molecule has 4 N–H and O–H groups in total. The number of hydrazine groups is 1. The van der Waals surface area contributed by atoms with Gasteiger partial charge in [0, 0.05) is 17.8 Å². The third-order valence-corrected chi connectivity index (χ3v) is 8.23. The number of hydrogen-bond donors (Lipinski definition) is 3. The van der Waals surface area contributed by atoms with Crippen LogP contribution in [-0.4, -0.2) is 47.0 Å². The van der Waals surface area contributed by atoms with E-state index in [4.69, 9.17) is 10.5 Å². The van der Waals surface area contributed by atoms with Crippen molar-refractivity contribution in [3.05, 3.63) is 112 Å². The molecule has 0 saturated carbocycles. The third-order valence-electron chi connectivity index (χ3n) is 8.23. The lowest BCUT2D eigenvalue weighted by Crippen LogP contribution is -2.48. The molecule has 9 nitrogen and oxygen atoms in total. The lowest BCUT2D eigenvalue weighted by atomic mass is 9.94. The van der Waals surface area contributed by atoms with Crippen molar-refractivity contribution < 1.29 is 32.3 Å². The predicted octanol–water partition coefficient (Wildman–Crippen LogP) is 4.02. The molecule has 45 heavy (non-hydrogen) atoms. The maximum Gasteiger partial charge on any atom is 0.329 e. The molecule has 0 fully saturated rings. The summed E-state index contributed by atoms with van der Waals surface area (Å²) < 4.78 is 48.0. The second-order valence-corrected chi connectivity index (χ2v) is 11.2. The molecule has 0 saturated heterocycles. The quantitative estimate of drug-likeness (QED) is 0.294. The number of primary amides is 1. The Morgan fingerprint density at radius 2 is 1.91 bits per heavy atom. The van der Waals surface area contributed by atoms with Crippen LogP contribution in [-0.2, 0) is 20.7 Å². The van der Waals surface area contributed by atoms with Gasteiger partial charge in [0.05, 0.1) is 29.6 Å². The van der Waals surface area contributed by atoms with Crippen LogP contribution in [0.4, 0.5) is 13.2 Å². The summed E-state index contributed by atoms with van der Waals surface area (Å²) in [6.07, 6.45) is 5.16. The van der Waals surface area contributed by atoms with Gasteiger partial charge >= 0.3 is 5.97 Å². The Bertz CT molecular complexity index is 1750. The van der Waals surface area contributed by atoms with Gasteiger partial charge in [0.1, 0.15) is 30.0 Å². The Morgan fingerprint density at radius 3 is 2.64 bits per heavy atom. The Morgan fingerprint density at radius 1 is 1.13 bits per heavy atom. The maximum absolute atomic E-state index is 14.3. The number of nitrogens with one attached hydrogen (secondary N) is 2. The number of aromatic nitrogens is 1. The fourth-order valence-electron chi connectivity index (χ4n) is 6.43. The molecule has 1 aromatic heterocycles. The van der Waals surface area contributed by atoms with Gasteiger partial charge in [-0.2, -0.15) is 0 Å². The molecule has 3 aliphatic rings. The van der Waals surface area contributed by atoms with Crippen molar-refractivity contribution in [1.82, 2.24) is 20.7 Å². The van der Waals surface area contributed by atoms with E-state index in [0.717, 1.165) is 41.8 Å². The second kappa shape index (κ2) is 12.2.